The Morgan fingerprint density at radius 3 is 2.58 bits per heavy atom. The van der Waals surface area contributed by atoms with E-state index in [1.54, 1.807) is 4.90 Å². The molecule has 1 N–H and O–H groups in total. The number of nitriles is 1. The van der Waals surface area contributed by atoms with Crippen LogP contribution in [0.15, 0.2) is 18.2 Å². The molecule has 4 rings (SSSR count). The monoisotopic (exact) mass is 457 g/mol. The Bertz CT molecular complexity index is 998. The zero-order valence-corrected chi connectivity index (χ0v) is 18.9. The van der Waals surface area contributed by atoms with E-state index in [0.29, 0.717) is 31.5 Å². The predicted octanol–water partition coefficient (Wildman–Crippen LogP) is 3.01. The SMILES string of the molecule is CC1(C)C2CN(C(=O)CCc3cc(F)cc(F)c3)[C@H](C(=O)C[C@H](C#N)C[C@@H]3CCNC3=O)[C@H]21. The number of likely N-dealkylation sites (tertiary alicyclic amines) is 1. The molecule has 0 bridgehead atoms. The number of hydrogen-bond acceptors (Lipinski definition) is 4. The number of halogens is 2. The van der Waals surface area contributed by atoms with Gasteiger partial charge in [0.2, 0.25) is 11.8 Å². The molecule has 2 heterocycles. The number of aryl methyl sites for hydroxylation is 1. The van der Waals surface area contributed by atoms with Crippen LogP contribution in [0.4, 0.5) is 8.78 Å². The molecule has 8 heteroatoms. The number of nitrogens with one attached hydrogen (secondary N) is 1. The Kier molecular flexibility index (Phi) is 6.26. The maximum atomic E-state index is 13.5. The lowest BCUT2D eigenvalue weighted by Crippen LogP contribution is -2.46. The minimum Gasteiger partial charge on any atom is -0.356 e. The molecule has 0 radical (unpaired) electrons. The molecule has 2 aliphatic heterocycles. The Morgan fingerprint density at radius 1 is 1.27 bits per heavy atom. The number of rotatable bonds is 8. The molecule has 1 saturated carbocycles. The van der Waals surface area contributed by atoms with Crippen molar-refractivity contribution in [1.29, 1.82) is 5.26 Å². The summed E-state index contributed by atoms with van der Waals surface area (Å²) < 4.78 is 26.9. The number of amides is 2. The van der Waals surface area contributed by atoms with Gasteiger partial charge in [0.15, 0.2) is 5.78 Å². The summed E-state index contributed by atoms with van der Waals surface area (Å²) in [5.41, 5.74) is 0.351. The van der Waals surface area contributed by atoms with E-state index in [4.69, 9.17) is 0 Å². The molecule has 1 unspecified atom stereocenters. The van der Waals surface area contributed by atoms with Crippen LogP contribution in [0.1, 0.15) is 45.1 Å². The third kappa shape index (κ3) is 4.64. The topological polar surface area (TPSA) is 90.3 Å². The van der Waals surface area contributed by atoms with Gasteiger partial charge in [0.1, 0.15) is 11.6 Å². The molecule has 3 fully saturated rings. The van der Waals surface area contributed by atoms with Gasteiger partial charge < -0.3 is 10.2 Å². The van der Waals surface area contributed by atoms with Crippen LogP contribution in [0.5, 0.6) is 0 Å². The molecule has 1 aromatic rings. The molecule has 3 aliphatic rings. The average Bonchev–Trinajstić information content (AvgIpc) is 3.11. The molecule has 33 heavy (non-hydrogen) atoms. The van der Waals surface area contributed by atoms with Crippen molar-refractivity contribution in [2.24, 2.45) is 29.1 Å². The Morgan fingerprint density at radius 2 is 1.97 bits per heavy atom. The smallest absolute Gasteiger partial charge is 0.223 e. The van der Waals surface area contributed by atoms with Crippen molar-refractivity contribution in [2.75, 3.05) is 13.1 Å². The van der Waals surface area contributed by atoms with Crippen LogP contribution in [0.25, 0.3) is 0 Å². The fourth-order valence-corrected chi connectivity index (χ4v) is 5.82. The van der Waals surface area contributed by atoms with Gasteiger partial charge in [-0.25, -0.2) is 8.78 Å². The van der Waals surface area contributed by atoms with Gasteiger partial charge in [-0.05, 0) is 54.2 Å². The maximum Gasteiger partial charge on any atom is 0.223 e. The zero-order valence-electron chi connectivity index (χ0n) is 18.9. The lowest BCUT2D eigenvalue weighted by Gasteiger charge is -2.30. The van der Waals surface area contributed by atoms with E-state index in [9.17, 15) is 28.4 Å². The minimum absolute atomic E-state index is 0.0170. The highest BCUT2D eigenvalue weighted by molar-refractivity contribution is 5.91. The number of carbonyl (C=O) groups excluding carboxylic acids is 3. The number of carbonyl (C=O) groups is 3. The maximum absolute atomic E-state index is 13.5. The molecule has 0 aromatic heterocycles. The van der Waals surface area contributed by atoms with Crippen LogP contribution in [0, 0.1) is 52.1 Å². The van der Waals surface area contributed by atoms with Gasteiger partial charge in [0.05, 0.1) is 18.0 Å². The molecule has 5 atom stereocenters. The third-order valence-corrected chi connectivity index (χ3v) is 7.77. The quantitative estimate of drug-likeness (QED) is 0.650. The van der Waals surface area contributed by atoms with Gasteiger partial charge in [-0.1, -0.05) is 13.8 Å². The average molecular weight is 458 g/mol. The van der Waals surface area contributed by atoms with Crippen molar-refractivity contribution in [2.45, 2.75) is 52.0 Å². The predicted molar refractivity (Wildman–Crippen MR) is 115 cm³/mol. The second kappa shape index (κ2) is 8.85. The van der Waals surface area contributed by atoms with Crippen LogP contribution < -0.4 is 5.32 Å². The lowest BCUT2D eigenvalue weighted by atomic mass is 9.87. The van der Waals surface area contributed by atoms with Crippen molar-refractivity contribution < 1.29 is 23.2 Å². The van der Waals surface area contributed by atoms with Crippen molar-refractivity contribution >= 4 is 17.6 Å². The first-order valence-electron chi connectivity index (χ1n) is 11.6. The molecule has 0 spiro atoms. The van der Waals surface area contributed by atoms with Crippen LogP contribution in [0.2, 0.25) is 0 Å². The van der Waals surface area contributed by atoms with E-state index >= 15 is 0 Å². The summed E-state index contributed by atoms with van der Waals surface area (Å²) in [6.07, 6.45) is 1.26. The summed E-state index contributed by atoms with van der Waals surface area (Å²) >= 11 is 0. The van der Waals surface area contributed by atoms with Crippen molar-refractivity contribution in [1.82, 2.24) is 10.2 Å². The van der Waals surface area contributed by atoms with E-state index < -0.39 is 23.6 Å². The first-order chi connectivity index (χ1) is 15.6. The third-order valence-electron chi connectivity index (χ3n) is 7.77. The van der Waals surface area contributed by atoms with Crippen molar-refractivity contribution in [3.8, 4) is 6.07 Å². The molecular formula is C25H29F2N3O3. The summed E-state index contributed by atoms with van der Waals surface area (Å²) in [5.74, 6) is -2.34. The second-order valence-corrected chi connectivity index (χ2v) is 10.2. The number of piperidine rings is 1. The largest absolute Gasteiger partial charge is 0.356 e. The van der Waals surface area contributed by atoms with E-state index in [-0.39, 0.29) is 60.0 Å². The van der Waals surface area contributed by atoms with Crippen LogP contribution in [0.3, 0.4) is 0 Å². The van der Waals surface area contributed by atoms with Crippen LogP contribution in [-0.4, -0.2) is 41.6 Å². The fraction of sp³-hybridized carbons (Fsp3) is 0.600. The number of fused-ring (bicyclic) bond motifs is 1. The normalized spacial score (nSPS) is 28.1. The lowest BCUT2D eigenvalue weighted by molar-refractivity contribution is -0.139. The molecule has 2 saturated heterocycles. The van der Waals surface area contributed by atoms with E-state index in [2.05, 4.69) is 25.2 Å². The summed E-state index contributed by atoms with van der Waals surface area (Å²) in [5, 5.41) is 12.4. The van der Waals surface area contributed by atoms with Crippen molar-refractivity contribution in [3.63, 3.8) is 0 Å². The van der Waals surface area contributed by atoms with E-state index in [0.717, 1.165) is 6.07 Å². The van der Waals surface area contributed by atoms with Gasteiger partial charge in [-0.15, -0.1) is 0 Å². The van der Waals surface area contributed by atoms with Crippen molar-refractivity contribution in [3.05, 3.63) is 35.4 Å². The first kappa shape index (κ1) is 23.3. The number of ketones is 1. The van der Waals surface area contributed by atoms with Gasteiger partial charge in [-0.3, -0.25) is 14.4 Å². The molecular weight excluding hydrogens is 428 g/mol. The Labute approximate surface area is 192 Å². The highest BCUT2D eigenvalue weighted by Crippen LogP contribution is 2.65. The molecule has 6 nitrogen and oxygen atoms in total. The molecule has 176 valence electrons. The number of Topliss-reactive ketones (excluding diaryl/α,β-unsaturated/α-hetero) is 1. The van der Waals surface area contributed by atoms with E-state index in [1.165, 1.54) is 12.1 Å². The highest BCUT2D eigenvalue weighted by Gasteiger charge is 2.68. The zero-order chi connectivity index (χ0) is 23.9. The molecule has 1 aliphatic carbocycles. The Balaban J connectivity index is 1.42. The number of nitrogens with zero attached hydrogens (tertiary/aromatic N) is 2. The van der Waals surface area contributed by atoms with Gasteiger partial charge in [0, 0.05) is 37.9 Å². The standard InChI is InChI=1S/C25H29F2N3O3/c1-25(2)19-13-30(21(32)4-3-14-8-17(26)11-18(27)9-14)23(22(19)25)20(31)10-15(12-28)7-16-5-6-29-24(16)33/h8-9,11,15-16,19,22-23H,3-7,10,13H2,1-2H3,(H,29,33)/t15-,16+,19?,22+,23-/m1/s1. The summed E-state index contributed by atoms with van der Waals surface area (Å²) in [7, 11) is 0. The number of benzene rings is 1. The summed E-state index contributed by atoms with van der Waals surface area (Å²) in [4.78, 5) is 39.8. The fourth-order valence-electron chi connectivity index (χ4n) is 5.82. The van der Waals surface area contributed by atoms with Gasteiger partial charge in [0.25, 0.3) is 0 Å². The highest BCUT2D eigenvalue weighted by atomic mass is 19.1. The van der Waals surface area contributed by atoms with E-state index in [1.807, 2.05) is 0 Å². The first-order valence-corrected chi connectivity index (χ1v) is 11.6. The Hall–Kier alpha value is -2.82. The van der Waals surface area contributed by atoms with Crippen LogP contribution >= 0.6 is 0 Å². The molecule has 1 aromatic carbocycles. The minimum atomic E-state index is -0.687. The second-order valence-electron chi connectivity index (χ2n) is 10.2. The van der Waals surface area contributed by atoms with Gasteiger partial charge >= 0.3 is 0 Å². The van der Waals surface area contributed by atoms with Crippen LogP contribution in [-0.2, 0) is 20.8 Å². The van der Waals surface area contributed by atoms with Gasteiger partial charge in [-0.2, -0.15) is 5.26 Å². The number of hydrogen-bond donors (Lipinski definition) is 1. The molecule has 2 amide bonds. The summed E-state index contributed by atoms with van der Waals surface area (Å²) in [6.45, 7) is 5.25. The summed E-state index contributed by atoms with van der Waals surface area (Å²) in [6, 6.07) is 4.80.